The SMILES string of the molecule is COc1cc(C)ccc1C(O)(CN)C(F)(F)F. The standard InChI is InChI=1S/C11H14F3NO2/c1-7-3-4-8(9(5-7)17-2)10(16,6-15)11(12,13)14/h3-5,16H,6,15H2,1-2H3. The third kappa shape index (κ3) is 2.37. The third-order valence-corrected chi connectivity index (χ3v) is 2.57. The smallest absolute Gasteiger partial charge is 0.422 e. The van der Waals surface area contributed by atoms with Gasteiger partial charge in [-0.1, -0.05) is 12.1 Å². The van der Waals surface area contributed by atoms with E-state index in [0.717, 1.165) is 5.56 Å². The van der Waals surface area contributed by atoms with Crippen LogP contribution >= 0.6 is 0 Å². The van der Waals surface area contributed by atoms with Gasteiger partial charge in [-0.2, -0.15) is 13.2 Å². The lowest BCUT2D eigenvalue weighted by Gasteiger charge is -2.30. The predicted octanol–water partition coefficient (Wildman–Crippen LogP) is 1.71. The molecule has 3 N–H and O–H groups in total. The molecule has 96 valence electrons. The number of benzene rings is 1. The average Bonchev–Trinajstić information content (AvgIpc) is 2.26. The molecule has 0 radical (unpaired) electrons. The number of rotatable bonds is 3. The van der Waals surface area contributed by atoms with Crippen molar-refractivity contribution < 1.29 is 23.0 Å². The van der Waals surface area contributed by atoms with Gasteiger partial charge in [0.05, 0.1) is 7.11 Å². The normalized spacial score (nSPS) is 15.5. The van der Waals surface area contributed by atoms with Crippen molar-refractivity contribution in [2.45, 2.75) is 18.7 Å². The Kier molecular flexibility index (Phi) is 3.68. The number of nitrogens with two attached hydrogens (primary N) is 1. The Morgan fingerprint density at radius 2 is 1.94 bits per heavy atom. The summed E-state index contributed by atoms with van der Waals surface area (Å²) in [6, 6.07) is 4.06. The van der Waals surface area contributed by atoms with Crippen molar-refractivity contribution in [2.75, 3.05) is 13.7 Å². The first-order chi connectivity index (χ1) is 7.76. The number of halogens is 3. The monoisotopic (exact) mass is 249 g/mol. The fraction of sp³-hybridized carbons (Fsp3) is 0.455. The minimum Gasteiger partial charge on any atom is -0.496 e. The molecule has 1 atom stereocenters. The van der Waals surface area contributed by atoms with E-state index in [1.54, 1.807) is 6.92 Å². The van der Waals surface area contributed by atoms with Crippen molar-refractivity contribution in [2.24, 2.45) is 5.73 Å². The zero-order valence-electron chi connectivity index (χ0n) is 9.51. The van der Waals surface area contributed by atoms with Gasteiger partial charge in [0, 0.05) is 12.1 Å². The first-order valence-electron chi connectivity index (χ1n) is 4.90. The molecule has 0 aliphatic rings. The highest BCUT2D eigenvalue weighted by atomic mass is 19.4. The molecule has 0 saturated carbocycles. The summed E-state index contributed by atoms with van der Waals surface area (Å²) in [5.74, 6) is -0.0322. The van der Waals surface area contributed by atoms with Crippen LogP contribution in [0.4, 0.5) is 13.2 Å². The lowest BCUT2D eigenvalue weighted by atomic mass is 9.91. The molecule has 0 heterocycles. The second-order valence-electron chi connectivity index (χ2n) is 3.77. The zero-order valence-corrected chi connectivity index (χ0v) is 9.51. The quantitative estimate of drug-likeness (QED) is 0.857. The average molecular weight is 249 g/mol. The molecule has 17 heavy (non-hydrogen) atoms. The Bertz CT molecular complexity index is 406. The van der Waals surface area contributed by atoms with Crippen molar-refractivity contribution in [1.29, 1.82) is 0 Å². The van der Waals surface area contributed by atoms with Crippen molar-refractivity contribution >= 4 is 0 Å². The Morgan fingerprint density at radius 3 is 2.35 bits per heavy atom. The molecule has 1 aromatic carbocycles. The largest absolute Gasteiger partial charge is 0.496 e. The van der Waals surface area contributed by atoms with Crippen LogP contribution in [0.1, 0.15) is 11.1 Å². The first kappa shape index (κ1) is 13.8. The summed E-state index contributed by atoms with van der Waals surface area (Å²) in [7, 11) is 1.24. The van der Waals surface area contributed by atoms with E-state index >= 15 is 0 Å². The van der Waals surface area contributed by atoms with Crippen LogP contribution in [0, 0.1) is 6.92 Å². The van der Waals surface area contributed by atoms with Gasteiger partial charge in [0.1, 0.15) is 5.75 Å². The molecule has 0 bridgehead atoms. The third-order valence-electron chi connectivity index (χ3n) is 2.57. The Hall–Kier alpha value is -1.27. The Labute approximate surface area is 97.0 Å². The molecule has 0 aromatic heterocycles. The van der Waals surface area contributed by atoms with Crippen LogP contribution in [-0.2, 0) is 5.60 Å². The lowest BCUT2D eigenvalue weighted by Crippen LogP contribution is -2.48. The molecule has 6 heteroatoms. The second kappa shape index (κ2) is 4.54. The Morgan fingerprint density at radius 1 is 1.35 bits per heavy atom. The van der Waals surface area contributed by atoms with Gasteiger partial charge in [0.15, 0.2) is 0 Å². The summed E-state index contributed by atoms with van der Waals surface area (Å²) in [4.78, 5) is 0. The number of aryl methyl sites for hydroxylation is 1. The predicted molar refractivity (Wildman–Crippen MR) is 56.7 cm³/mol. The maximum atomic E-state index is 12.8. The van der Waals surface area contributed by atoms with Gasteiger partial charge in [-0.25, -0.2) is 0 Å². The minimum absolute atomic E-state index is 0.0322. The minimum atomic E-state index is -4.86. The molecular weight excluding hydrogens is 235 g/mol. The molecule has 1 unspecified atom stereocenters. The maximum Gasteiger partial charge on any atom is 0.422 e. The van der Waals surface area contributed by atoms with E-state index in [2.05, 4.69) is 0 Å². The van der Waals surface area contributed by atoms with E-state index in [4.69, 9.17) is 10.5 Å². The fourth-order valence-electron chi connectivity index (χ4n) is 1.52. The maximum absolute atomic E-state index is 12.8. The molecular formula is C11H14F3NO2. The molecule has 3 nitrogen and oxygen atoms in total. The van der Waals surface area contributed by atoms with E-state index in [-0.39, 0.29) is 11.3 Å². The summed E-state index contributed by atoms with van der Waals surface area (Å²) in [6.45, 7) is 0.747. The van der Waals surface area contributed by atoms with E-state index in [1.165, 1.54) is 25.3 Å². The molecule has 0 aliphatic heterocycles. The van der Waals surface area contributed by atoms with Crippen LogP contribution in [0.25, 0.3) is 0 Å². The highest BCUT2D eigenvalue weighted by molar-refractivity contribution is 5.42. The highest BCUT2D eigenvalue weighted by Gasteiger charge is 2.55. The summed E-state index contributed by atoms with van der Waals surface area (Å²) in [6.07, 6.45) is -4.86. The Balaban J connectivity index is 3.40. The summed E-state index contributed by atoms with van der Waals surface area (Å²) in [5, 5.41) is 9.70. The lowest BCUT2D eigenvalue weighted by molar-refractivity contribution is -0.262. The zero-order chi connectivity index (χ0) is 13.3. The number of aliphatic hydroxyl groups is 1. The number of ether oxygens (including phenoxy) is 1. The van der Waals surface area contributed by atoms with Crippen molar-refractivity contribution in [3.63, 3.8) is 0 Å². The molecule has 0 saturated heterocycles. The topological polar surface area (TPSA) is 55.5 Å². The van der Waals surface area contributed by atoms with Gasteiger partial charge in [0.2, 0.25) is 5.60 Å². The molecule has 0 spiro atoms. The van der Waals surface area contributed by atoms with Gasteiger partial charge in [-0.05, 0) is 18.6 Å². The van der Waals surface area contributed by atoms with Crippen molar-refractivity contribution in [3.05, 3.63) is 29.3 Å². The second-order valence-corrected chi connectivity index (χ2v) is 3.77. The number of alkyl halides is 3. The van der Waals surface area contributed by atoms with Crippen LogP contribution in [0.3, 0.4) is 0 Å². The van der Waals surface area contributed by atoms with Crippen molar-refractivity contribution in [3.8, 4) is 5.75 Å². The van der Waals surface area contributed by atoms with E-state index in [1.807, 2.05) is 0 Å². The number of methoxy groups -OCH3 is 1. The number of hydrogen-bond donors (Lipinski definition) is 2. The molecule has 0 fully saturated rings. The van der Waals surface area contributed by atoms with Gasteiger partial charge >= 0.3 is 6.18 Å². The molecule has 1 aromatic rings. The number of hydrogen-bond acceptors (Lipinski definition) is 3. The van der Waals surface area contributed by atoms with Gasteiger partial charge in [-0.15, -0.1) is 0 Å². The van der Waals surface area contributed by atoms with Crippen LogP contribution in [0.5, 0.6) is 5.75 Å². The first-order valence-corrected chi connectivity index (χ1v) is 4.90. The highest BCUT2D eigenvalue weighted by Crippen LogP contribution is 2.42. The van der Waals surface area contributed by atoms with Crippen molar-refractivity contribution in [1.82, 2.24) is 0 Å². The van der Waals surface area contributed by atoms with Crippen LogP contribution < -0.4 is 10.5 Å². The summed E-state index contributed by atoms with van der Waals surface area (Å²) in [5.41, 5.74) is 2.32. The van der Waals surface area contributed by atoms with E-state index in [0.29, 0.717) is 0 Å². The van der Waals surface area contributed by atoms with E-state index in [9.17, 15) is 18.3 Å². The van der Waals surface area contributed by atoms with Gasteiger partial charge in [-0.3, -0.25) is 0 Å². The summed E-state index contributed by atoms with van der Waals surface area (Å²) >= 11 is 0. The van der Waals surface area contributed by atoms with Crippen LogP contribution in [0.2, 0.25) is 0 Å². The molecule has 1 rings (SSSR count). The fourth-order valence-corrected chi connectivity index (χ4v) is 1.52. The van der Waals surface area contributed by atoms with Crippen LogP contribution in [-0.4, -0.2) is 24.9 Å². The summed E-state index contributed by atoms with van der Waals surface area (Å²) < 4.78 is 43.3. The van der Waals surface area contributed by atoms with Crippen LogP contribution in [0.15, 0.2) is 18.2 Å². The van der Waals surface area contributed by atoms with E-state index < -0.39 is 18.3 Å². The molecule has 0 amide bonds. The van der Waals surface area contributed by atoms with Gasteiger partial charge < -0.3 is 15.6 Å². The molecule has 0 aliphatic carbocycles. The van der Waals surface area contributed by atoms with Gasteiger partial charge in [0.25, 0.3) is 0 Å².